The molecule has 0 saturated carbocycles. The van der Waals surface area contributed by atoms with Gasteiger partial charge in [0.1, 0.15) is 37.3 Å². The molecule has 6 atom stereocenters. The van der Waals surface area contributed by atoms with Crippen molar-refractivity contribution in [1.29, 1.82) is 0 Å². The molecular weight excluding hydrogens is 699 g/mol. The van der Waals surface area contributed by atoms with Crippen molar-refractivity contribution in [3.05, 3.63) is 58.6 Å². The highest BCUT2D eigenvalue weighted by Gasteiger charge is 2.57. The zero-order chi connectivity index (χ0) is 37.3. The van der Waals surface area contributed by atoms with Crippen molar-refractivity contribution in [3.63, 3.8) is 0 Å². The van der Waals surface area contributed by atoms with Crippen molar-refractivity contribution in [1.82, 2.24) is 14.6 Å². The standard InChI is InChI=1S/C31H45N4O13PS/c1-19(2)47-26(38)20(3)34-49(42,45-15-16-50-27(39)30(4,5)6)46-18-31(43-7)24(37)23(36)25(48-31)35-14-13-22(32-28(35)40)33-29(41)44-17-21-11-9-8-10-12-21/h8-14,19-20,23-25,36-37H,15-18H2,1-7H3,(H,34,42)(H,32,33,40,41)/t20-,23+,24-,25+,31+,49?/m0/s1. The first-order valence-electron chi connectivity index (χ1n) is 15.6. The minimum absolute atomic E-state index is 0.0187. The summed E-state index contributed by atoms with van der Waals surface area (Å²) in [4.78, 5) is 53.7. The Hall–Kier alpha value is -3.19. The molecule has 19 heteroatoms. The summed E-state index contributed by atoms with van der Waals surface area (Å²) in [6, 6.07) is 8.97. The number of anilines is 1. The Bertz CT molecular complexity index is 1570. The smallest absolute Gasteiger partial charge is 0.413 e. The van der Waals surface area contributed by atoms with Crippen LogP contribution in [0.2, 0.25) is 0 Å². The van der Waals surface area contributed by atoms with Gasteiger partial charge in [0.05, 0.1) is 12.7 Å². The first-order valence-corrected chi connectivity index (χ1v) is 18.1. The second kappa shape index (κ2) is 17.8. The molecule has 0 bridgehead atoms. The van der Waals surface area contributed by atoms with Crippen molar-refractivity contribution in [2.75, 3.05) is 31.4 Å². The van der Waals surface area contributed by atoms with Crippen LogP contribution in [0.25, 0.3) is 0 Å². The normalized spacial score (nSPS) is 22.5. The van der Waals surface area contributed by atoms with Gasteiger partial charge in [-0.2, -0.15) is 4.98 Å². The lowest BCUT2D eigenvalue weighted by Gasteiger charge is -2.32. The number of nitrogens with zero attached hydrogens (tertiary/aromatic N) is 2. The Morgan fingerprint density at radius 2 is 1.80 bits per heavy atom. The van der Waals surface area contributed by atoms with Gasteiger partial charge >= 0.3 is 25.5 Å². The molecular formula is C31H45N4O13PS. The number of rotatable bonds is 16. The molecule has 1 unspecified atom stereocenters. The minimum Gasteiger partial charge on any atom is -0.462 e. The van der Waals surface area contributed by atoms with E-state index in [0.717, 1.165) is 35.2 Å². The Labute approximate surface area is 293 Å². The van der Waals surface area contributed by atoms with Crippen molar-refractivity contribution in [2.45, 2.75) is 84.5 Å². The summed E-state index contributed by atoms with van der Waals surface area (Å²) < 4.78 is 47.4. The molecule has 4 N–H and O–H groups in total. The number of nitrogens with one attached hydrogen (secondary N) is 2. The van der Waals surface area contributed by atoms with Crippen LogP contribution in [0.1, 0.15) is 53.3 Å². The van der Waals surface area contributed by atoms with E-state index in [1.165, 1.54) is 13.0 Å². The number of aliphatic hydroxyl groups excluding tert-OH is 2. The average Bonchev–Trinajstić information content (AvgIpc) is 3.30. The lowest BCUT2D eigenvalue weighted by atomic mass is 10.00. The highest BCUT2D eigenvalue weighted by Crippen LogP contribution is 2.48. The molecule has 17 nitrogen and oxygen atoms in total. The third-order valence-corrected chi connectivity index (χ3v) is 9.90. The zero-order valence-electron chi connectivity index (χ0n) is 28.9. The highest BCUT2D eigenvalue weighted by molar-refractivity contribution is 8.13. The quantitative estimate of drug-likeness (QED) is 0.110. The second-order valence-corrected chi connectivity index (χ2v) is 15.3. The maximum atomic E-state index is 13.9. The van der Waals surface area contributed by atoms with Crippen LogP contribution in [0.15, 0.2) is 47.4 Å². The van der Waals surface area contributed by atoms with Gasteiger partial charge < -0.3 is 29.2 Å². The molecule has 0 radical (unpaired) electrons. The molecule has 1 aromatic heterocycles. The number of esters is 1. The summed E-state index contributed by atoms with van der Waals surface area (Å²) in [7, 11) is -3.32. The largest absolute Gasteiger partial charge is 0.462 e. The summed E-state index contributed by atoms with van der Waals surface area (Å²) in [5.41, 5.74) is -0.861. The van der Waals surface area contributed by atoms with E-state index in [1.807, 2.05) is 6.07 Å². The molecule has 1 fully saturated rings. The van der Waals surface area contributed by atoms with Crippen LogP contribution >= 0.6 is 19.5 Å². The molecule has 2 heterocycles. The fraction of sp³-hybridized carbons (Fsp3) is 0.581. The summed E-state index contributed by atoms with van der Waals surface area (Å²) in [5, 5.41) is 26.6. The van der Waals surface area contributed by atoms with Crippen LogP contribution < -0.4 is 16.1 Å². The molecule has 3 rings (SSSR count). The highest BCUT2D eigenvalue weighted by atomic mass is 32.2. The van der Waals surface area contributed by atoms with Crippen molar-refractivity contribution >= 4 is 42.5 Å². The van der Waals surface area contributed by atoms with Crippen LogP contribution in [0, 0.1) is 5.41 Å². The zero-order valence-corrected chi connectivity index (χ0v) is 30.6. The number of aromatic nitrogens is 2. The van der Waals surface area contributed by atoms with E-state index in [9.17, 15) is 34.0 Å². The fourth-order valence-corrected chi connectivity index (χ4v) is 6.68. The van der Waals surface area contributed by atoms with E-state index in [0.29, 0.717) is 0 Å². The van der Waals surface area contributed by atoms with E-state index in [1.54, 1.807) is 58.9 Å². The summed E-state index contributed by atoms with van der Waals surface area (Å²) in [6.07, 6.45) is -5.42. The monoisotopic (exact) mass is 744 g/mol. The Morgan fingerprint density at radius 1 is 1.12 bits per heavy atom. The van der Waals surface area contributed by atoms with Gasteiger partial charge in [0.2, 0.25) is 5.79 Å². The second-order valence-electron chi connectivity index (χ2n) is 12.5. The SMILES string of the molecule is CO[C@]1(COP(=O)(N[C@@H](C)C(=O)OC(C)C)OCCSC(=O)C(C)(C)C)O[C@@H](n2ccc(NC(=O)OCc3ccccc3)nc2=O)[C@H](O)[C@@H]1O. The van der Waals surface area contributed by atoms with E-state index in [4.69, 9.17) is 28.0 Å². The fourth-order valence-electron chi connectivity index (χ4n) is 4.29. The molecule has 2 aromatic rings. The first-order chi connectivity index (χ1) is 23.4. The Morgan fingerprint density at radius 3 is 2.40 bits per heavy atom. The van der Waals surface area contributed by atoms with Crippen molar-refractivity contribution < 1.29 is 57.2 Å². The number of carbonyl (C=O) groups is 3. The maximum absolute atomic E-state index is 13.9. The van der Waals surface area contributed by atoms with Crippen molar-refractivity contribution in [3.8, 4) is 0 Å². The number of amides is 1. The van der Waals surface area contributed by atoms with Gasteiger partial charge in [-0.15, -0.1) is 0 Å². The summed E-state index contributed by atoms with van der Waals surface area (Å²) in [6.45, 7) is 8.78. The number of benzene rings is 1. The van der Waals surface area contributed by atoms with Gasteiger partial charge in [0, 0.05) is 24.5 Å². The number of thioether (sulfide) groups is 1. The molecule has 1 saturated heterocycles. The van der Waals surface area contributed by atoms with Crippen LogP contribution in [0.4, 0.5) is 10.6 Å². The molecule has 1 aliphatic heterocycles. The molecule has 0 aliphatic carbocycles. The summed E-state index contributed by atoms with van der Waals surface area (Å²) >= 11 is 0.959. The molecule has 0 spiro atoms. The van der Waals surface area contributed by atoms with Gasteiger partial charge in [-0.1, -0.05) is 62.9 Å². The van der Waals surface area contributed by atoms with Gasteiger partial charge in [-0.25, -0.2) is 19.2 Å². The van der Waals surface area contributed by atoms with E-state index in [-0.39, 0.29) is 29.9 Å². The minimum atomic E-state index is -4.44. The number of hydrogen-bond acceptors (Lipinski definition) is 15. The van der Waals surface area contributed by atoms with Crippen molar-refractivity contribution in [2.24, 2.45) is 5.41 Å². The third kappa shape index (κ3) is 11.4. The average molecular weight is 745 g/mol. The number of methoxy groups -OCH3 is 1. The number of ether oxygens (including phenoxy) is 4. The lowest BCUT2D eigenvalue weighted by Crippen LogP contribution is -2.49. The lowest BCUT2D eigenvalue weighted by molar-refractivity contribution is -0.267. The van der Waals surface area contributed by atoms with Crippen LogP contribution in [0.3, 0.4) is 0 Å². The molecule has 278 valence electrons. The van der Waals surface area contributed by atoms with Gasteiger partial charge in [0.25, 0.3) is 0 Å². The number of carbonyl (C=O) groups excluding carboxylic acids is 3. The van der Waals surface area contributed by atoms with Gasteiger partial charge in [-0.05, 0) is 32.4 Å². The molecule has 1 amide bonds. The van der Waals surface area contributed by atoms with E-state index >= 15 is 0 Å². The third-order valence-electron chi connectivity index (χ3n) is 6.96. The Kier molecular flexibility index (Phi) is 14.7. The van der Waals surface area contributed by atoms with Crippen LogP contribution in [0.5, 0.6) is 0 Å². The topological polar surface area (TPSA) is 223 Å². The van der Waals surface area contributed by atoms with E-state index < -0.39 is 73.9 Å². The predicted octanol–water partition coefficient (Wildman–Crippen LogP) is 2.96. The number of hydrogen-bond donors (Lipinski definition) is 4. The first kappa shape index (κ1) is 41.2. The van der Waals surface area contributed by atoms with Crippen LogP contribution in [-0.4, -0.2) is 93.2 Å². The predicted molar refractivity (Wildman–Crippen MR) is 181 cm³/mol. The Balaban J connectivity index is 1.73. The van der Waals surface area contributed by atoms with E-state index in [2.05, 4.69) is 15.4 Å². The van der Waals surface area contributed by atoms with Crippen LogP contribution in [-0.2, 0) is 48.8 Å². The molecule has 1 aromatic carbocycles. The summed E-state index contributed by atoms with van der Waals surface area (Å²) in [5.74, 6) is -3.03. The molecule has 50 heavy (non-hydrogen) atoms. The number of aliphatic hydroxyl groups is 2. The molecule has 1 aliphatic rings. The van der Waals surface area contributed by atoms with Gasteiger partial charge in [-0.3, -0.25) is 28.5 Å². The van der Waals surface area contributed by atoms with Gasteiger partial charge in [0.15, 0.2) is 11.3 Å². The maximum Gasteiger partial charge on any atom is 0.413 e.